The molecule has 0 radical (unpaired) electrons. The fraction of sp³-hybridized carbons (Fsp3) is 0.400. The molecule has 2 heterocycles. The topological polar surface area (TPSA) is 112 Å². The number of aromatic nitrogens is 1. The molecule has 0 aliphatic carbocycles. The molecule has 2 N–H and O–H groups in total. The second-order valence-corrected chi connectivity index (χ2v) is 8.75. The van der Waals surface area contributed by atoms with Gasteiger partial charge in [-0.2, -0.15) is 13.2 Å². The largest absolute Gasteiger partial charge is 0.490 e. The fourth-order valence-corrected chi connectivity index (χ4v) is 3.89. The predicted octanol–water partition coefficient (Wildman–Crippen LogP) is 2.59. The molecule has 0 spiro atoms. The number of esters is 1. The number of ether oxygens (including phenoxy) is 2. The highest BCUT2D eigenvalue weighted by Gasteiger charge is 2.37. The molecule has 12 heteroatoms. The van der Waals surface area contributed by atoms with Crippen molar-refractivity contribution >= 4 is 21.8 Å². The summed E-state index contributed by atoms with van der Waals surface area (Å²) in [6.45, 7) is 0.398. The zero-order chi connectivity index (χ0) is 23.4. The molecule has 1 unspecified atom stereocenters. The molecule has 8 nitrogen and oxygen atoms in total. The van der Waals surface area contributed by atoms with Crippen molar-refractivity contribution in [2.24, 2.45) is 11.1 Å². The zero-order valence-electron chi connectivity index (χ0n) is 16.9. The van der Waals surface area contributed by atoms with Gasteiger partial charge >= 0.3 is 12.1 Å². The smallest absolute Gasteiger partial charge is 0.419 e. The number of hydrogen-bond donors (Lipinski definition) is 1. The van der Waals surface area contributed by atoms with Crippen molar-refractivity contribution in [2.75, 3.05) is 31.2 Å². The van der Waals surface area contributed by atoms with E-state index in [4.69, 9.17) is 14.6 Å². The Morgan fingerprint density at radius 1 is 1.19 bits per heavy atom. The number of primary sulfonamides is 1. The maximum Gasteiger partial charge on any atom is 0.419 e. The first-order valence-corrected chi connectivity index (χ1v) is 11.3. The van der Waals surface area contributed by atoms with Crippen LogP contribution in [0.5, 0.6) is 5.75 Å². The third kappa shape index (κ3) is 6.10. The van der Waals surface area contributed by atoms with Crippen LogP contribution in [0.1, 0.15) is 18.4 Å². The van der Waals surface area contributed by atoms with Gasteiger partial charge in [0.2, 0.25) is 10.0 Å². The van der Waals surface area contributed by atoms with Crippen LogP contribution in [0.2, 0.25) is 0 Å². The molecule has 1 aliphatic rings. The number of nitrogens with two attached hydrogens (primary N) is 1. The van der Waals surface area contributed by atoms with Crippen LogP contribution in [0.3, 0.4) is 0 Å². The number of halogens is 3. The van der Waals surface area contributed by atoms with E-state index in [9.17, 15) is 26.4 Å². The van der Waals surface area contributed by atoms with Gasteiger partial charge in [0.15, 0.2) is 0 Å². The number of pyridine rings is 1. The number of carbonyl (C=O) groups is 1. The number of rotatable bonds is 7. The predicted molar refractivity (Wildman–Crippen MR) is 108 cm³/mol. The average Bonchev–Trinajstić information content (AvgIpc) is 2.76. The normalized spacial score (nSPS) is 17.1. The molecule has 2 aromatic rings. The van der Waals surface area contributed by atoms with Gasteiger partial charge in [-0.05, 0) is 49.2 Å². The number of benzene rings is 1. The summed E-state index contributed by atoms with van der Waals surface area (Å²) in [7, 11) is -3.80. The van der Waals surface area contributed by atoms with Crippen molar-refractivity contribution < 1.29 is 35.9 Å². The van der Waals surface area contributed by atoms with E-state index in [0.717, 1.165) is 6.07 Å². The molecule has 3 rings (SSSR count). The van der Waals surface area contributed by atoms with Crippen LogP contribution >= 0.6 is 0 Å². The standard InChI is InChI=1S/C20H22F3N3O5S/c21-20(22,23)17-4-1-9-25-18(17)26-10-2-3-14(13-26)19(27)31-12-11-30-15-5-7-16(8-6-15)32(24,28)29/h1,4-9,14H,2-3,10-13H2,(H2,24,28,29). The minimum Gasteiger partial charge on any atom is -0.490 e. The molecule has 1 aromatic carbocycles. The lowest BCUT2D eigenvalue weighted by atomic mass is 9.98. The molecule has 1 fully saturated rings. The summed E-state index contributed by atoms with van der Waals surface area (Å²) in [5.74, 6) is -0.927. The van der Waals surface area contributed by atoms with Crippen LogP contribution in [-0.2, 0) is 25.7 Å². The Kier molecular flexibility index (Phi) is 7.24. The molecule has 0 bridgehead atoms. The van der Waals surface area contributed by atoms with Crippen molar-refractivity contribution in [2.45, 2.75) is 23.9 Å². The Balaban J connectivity index is 1.51. The van der Waals surface area contributed by atoms with Gasteiger partial charge in [-0.25, -0.2) is 18.5 Å². The highest BCUT2D eigenvalue weighted by molar-refractivity contribution is 7.89. The summed E-state index contributed by atoms with van der Waals surface area (Å²) in [6, 6.07) is 7.62. The van der Waals surface area contributed by atoms with Gasteiger partial charge in [-0.3, -0.25) is 4.79 Å². The first-order chi connectivity index (χ1) is 15.1. The number of carbonyl (C=O) groups excluding carboxylic acids is 1. The van der Waals surface area contributed by atoms with E-state index < -0.39 is 33.7 Å². The molecule has 1 saturated heterocycles. The van der Waals surface area contributed by atoms with Crippen LogP contribution in [-0.4, -0.2) is 45.7 Å². The van der Waals surface area contributed by atoms with Crippen molar-refractivity contribution in [3.05, 3.63) is 48.2 Å². The first kappa shape index (κ1) is 23.8. The maximum atomic E-state index is 13.3. The van der Waals surface area contributed by atoms with Gasteiger partial charge < -0.3 is 14.4 Å². The van der Waals surface area contributed by atoms with E-state index in [1.165, 1.54) is 41.4 Å². The summed E-state index contributed by atoms with van der Waals surface area (Å²) < 4.78 is 72.9. The molecule has 1 aliphatic heterocycles. The average molecular weight is 473 g/mol. The number of hydrogen-bond acceptors (Lipinski definition) is 7. The van der Waals surface area contributed by atoms with Crippen molar-refractivity contribution in [3.63, 3.8) is 0 Å². The summed E-state index contributed by atoms with van der Waals surface area (Å²) in [5.41, 5.74) is -0.837. The highest BCUT2D eigenvalue weighted by atomic mass is 32.2. The van der Waals surface area contributed by atoms with E-state index in [0.29, 0.717) is 25.1 Å². The second kappa shape index (κ2) is 9.74. The van der Waals surface area contributed by atoms with Gasteiger partial charge in [0.1, 0.15) is 24.8 Å². The van der Waals surface area contributed by atoms with Gasteiger partial charge in [0, 0.05) is 19.3 Å². The van der Waals surface area contributed by atoms with Crippen molar-refractivity contribution in [3.8, 4) is 5.75 Å². The van der Waals surface area contributed by atoms with Gasteiger partial charge in [0.25, 0.3) is 0 Å². The van der Waals surface area contributed by atoms with Crippen LogP contribution in [0.25, 0.3) is 0 Å². The van der Waals surface area contributed by atoms with Gasteiger partial charge in [-0.15, -0.1) is 0 Å². The molecule has 1 aromatic heterocycles. The summed E-state index contributed by atoms with van der Waals surface area (Å²) in [5, 5.41) is 5.02. The Labute approximate surface area is 183 Å². The van der Waals surface area contributed by atoms with Crippen LogP contribution in [0.4, 0.5) is 19.0 Å². The SMILES string of the molecule is NS(=O)(=O)c1ccc(OCCOC(=O)C2CCCN(c3ncccc3C(F)(F)F)C2)cc1. The van der Waals surface area contributed by atoms with Crippen LogP contribution in [0.15, 0.2) is 47.5 Å². The van der Waals surface area contributed by atoms with E-state index in [1.54, 1.807) is 0 Å². The number of anilines is 1. The molecular formula is C20H22F3N3O5S. The highest BCUT2D eigenvalue weighted by Crippen LogP contribution is 2.36. The van der Waals surface area contributed by atoms with Crippen molar-refractivity contribution in [1.29, 1.82) is 0 Å². The zero-order valence-corrected chi connectivity index (χ0v) is 17.7. The van der Waals surface area contributed by atoms with Gasteiger partial charge in [0.05, 0.1) is 16.4 Å². The Hall–Kier alpha value is -2.86. The fourth-order valence-electron chi connectivity index (χ4n) is 3.38. The lowest BCUT2D eigenvalue weighted by molar-refractivity contribution is -0.149. The second-order valence-electron chi connectivity index (χ2n) is 7.19. The van der Waals surface area contributed by atoms with Crippen molar-refractivity contribution in [1.82, 2.24) is 4.98 Å². The Morgan fingerprint density at radius 2 is 1.91 bits per heavy atom. The first-order valence-electron chi connectivity index (χ1n) is 9.75. The van der Waals surface area contributed by atoms with Gasteiger partial charge in [-0.1, -0.05) is 0 Å². The molecular weight excluding hydrogens is 451 g/mol. The Bertz CT molecular complexity index is 1050. The molecule has 1 atom stereocenters. The third-order valence-electron chi connectivity index (χ3n) is 4.89. The minimum absolute atomic E-state index is 0.0232. The van der Waals surface area contributed by atoms with E-state index in [-0.39, 0.29) is 30.5 Å². The van der Waals surface area contributed by atoms with E-state index in [2.05, 4.69) is 4.98 Å². The maximum absolute atomic E-state index is 13.3. The minimum atomic E-state index is -4.54. The summed E-state index contributed by atoms with van der Waals surface area (Å²) >= 11 is 0. The molecule has 174 valence electrons. The number of piperidine rings is 1. The number of nitrogens with zero attached hydrogens (tertiary/aromatic N) is 2. The molecule has 32 heavy (non-hydrogen) atoms. The van der Waals surface area contributed by atoms with E-state index in [1.807, 2.05) is 0 Å². The quantitative estimate of drug-likeness (QED) is 0.486. The lowest BCUT2D eigenvalue weighted by Crippen LogP contribution is -2.41. The number of alkyl halides is 3. The number of sulfonamides is 1. The molecule has 0 amide bonds. The van der Waals surface area contributed by atoms with Crippen LogP contribution < -0.4 is 14.8 Å². The lowest BCUT2D eigenvalue weighted by Gasteiger charge is -2.33. The van der Waals surface area contributed by atoms with E-state index >= 15 is 0 Å². The molecule has 0 saturated carbocycles. The Morgan fingerprint density at radius 3 is 2.56 bits per heavy atom. The monoisotopic (exact) mass is 473 g/mol. The van der Waals surface area contributed by atoms with Crippen LogP contribution in [0, 0.1) is 5.92 Å². The summed E-state index contributed by atoms with van der Waals surface area (Å²) in [4.78, 5) is 17.7. The summed E-state index contributed by atoms with van der Waals surface area (Å²) in [6.07, 6.45) is -2.22. The third-order valence-corrected chi connectivity index (χ3v) is 5.82.